The zero-order valence-electron chi connectivity index (χ0n) is 14.8. The van der Waals surface area contributed by atoms with Crippen LogP contribution >= 0.6 is 11.6 Å². The molecule has 0 aromatic carbocycles. The van der Waals surface area contributed by atoms with Crippen LogP contribution in [0.15, 0.2) is 0 Å². The lowest BCUT2D eigenvalue weighted by atomic mass is 9.94. The fourth-order valence-electron chi connectivity index (χ4n) is 2.92. The molecule has 0 atom stereocenters. The van der Waals surface area contributed by atoms with Gasteiger partial charge in [0.2, 0.25) is 5.91 Å². The van der Waals surface area contributed by atoms with Crippen LogP contribution in [0.4, 0.5) is 5.82 Å². The van der Waals surface area contributed by atoms with E-state index in [1.54, 1.807) is 0 Å². The molecular formula is C17H27ClN4O. The second-order valence-corrected chi connectivity index (χ2v) is 7.46. The van der Waals surface area contributed by atoms with E-state index in [1.165, 1.54) is 0 Å². The first-order valence-electron chi connectivity index (χ1n) is 8.31. The van der Waals surface area contributed by atoms with Crippen LogP contribution in [0, 0.1) is 12.3 Å². The fraction of sp³-hybridized carbons (Fsp3) is 0.706. The van der Waals surface area contributed by atoms with Crippen molar-refractivity contribution < 1.29 is 4.79 Å². The van der Waals surface area contributed by atoms with E-state index in [9.17, 15) is 4.79 Å². The number of carbonyl (C=O) groups excluding carboxylic acids is 1. The first-order valence-corrected chi connectivity index (χ1v) is 8.69. The Labute approximate surface area is 144 Å². The molecule has 1 amide bonds. The number of amides is 1. The molecule has 6 heteroatoms. The number of carbonyl (C=O) groups is 1. The predicted octanol–water partition coefficient (Wildman–Crippen LogP) is 3.09. The van der Waals surface area contributed by atoms with E-state index in [1.807, 2.05) is 32.6 Å². The highest BCUT2D eigenvalue weighted by molar-refractivity contribution is 6.30. The maximum absolute atomic E-state index is 12.5. The molecule has 0 bridgehead atoms. The third kappa shape index (κ3) is 4.14. The quantitative estimate of drug-likeness (QED) is 0.777. The molecule has 1 aliphatic heterocycles. The number of halogens is 1. The second-order valence-electron chi connectivity index (χ2n) is 7.10. The van der Waals surface area contributed by atoms with Crippen LogP contribution in [0.3, 0.4) is 0 Å². The van der Waals surface area contributed by atoms with E-state index in [2.05, 4.69) is 21.8 Å². The van der Waals surface area contributed by atoms with Gasteiger partial charge in [0.1, 0.15) is 16.8 Å². The molecule has 1 aromatic heterocycles. The van der Waals surface area contributed by atoms with E-state index in [0.717, 1.165) is 50.4 Å². The zero-order chi connectivity index (χ0) is 17.2. The fourth-order valence-corrected chi connectivity index (χ4v) is 3.26. The highest BCUT2D eigenvalue weighted by Crippen LogP contribution is 2.26. The Balaban J connectivity index is 2.20. The molecule has 23 heavy (non-hydrogen) atoms. The van der Waals surface area contributed by atoms with Crippen LogP contribution in [-0.4, -0.2) is 47.0 Å². The first-order chi connectivity index (χ1) is 10.7. The lowest BCUT2D eigenvalue weighted by Gasteiger charge is -2.29. The first kappa shape index (κ1) is 18.0. The van der Waals surface area contributed by atoms with E-state index >= 15 is 0 Å². The van der Waals surface area contributed by atoms with Crippen LogP contribution in [0.1, 0.15) is 45.5 Å². The zero-order valence-corrected chi connectivity index (χ0v) is 15.6. The molecule has 0 spiro atoms. The van der Waals surface area contributed by atoms with Crippen LogP contribution in [-0.2, 0) is 11.2 Å². The third-order valence-corrected chi connectivity index (χ3v) is 4.44. The average Bonchev–Trinajstić information content (AvgIpc) is 2.70. The molecule has 0 radical (unpaired) electrons. The van der Waals surface area contributed by atoms with Crippen LogP contribution in [0.5, 0.6) is 0 Å². The van der Waals surface area contributed by atoms with Crippen molar-refractivity contribution in [1.29, 1.82) is 0 Å². The summed E-state index contributed by atoms with van der Waals surface area (Å²) in [5, 5.41) is 0.543. The van der Waals surface area contributed by atoms with Crippen molar-refractivity contribution >= 4 is 23.3 Å². The summed E-state index contributed by atoms with van der Waals surface area (Å²) in [5.74, 6) is 1.83. The minimum Gasteiger partial charge on any atom is -0.354 e. The maximum Gasteiger partial charge on any atom is 0.228 e. The Bertz CT molecular complexity index is 583. The molecular weight excluding hydrogens is 312 g/mol. The molecule has 1 fully saturated rings. The Morgan fingerprint density at radius 1 is 1.17 bits per heavy atom. The summed E-state index contributed by atoms with van der Waals surface area (Å²) < 4.78 is 0. The smallest absolute Gasteiger partial charge is 0.228 e. The molecule has 0 aliphatic carbocycles. The minimum atomic E-state index is -0.335. The minimum absolute atomic E-state index is 0.215. The van der Waals surface area contributed by atoms with Gasteiger partial charge in [0.25, 0.3) is 0 Å². The Hall–Kier alpha value is -1.36. The topological polar surface area (TPSA) is 49.3 Å². The van der Waals surface area contributed by atoms with Crippen LogP contribution in [0.25, 0.3) is 0 Å². The Morgan fingerprint density at radius 2 is 1.87 bits per heavy atom. The monoisotopic (exact) mass is 338 g/mol. The van der Waals surface area contributed by atoms with Gasteiger partial charge in [-0.25, -0.2) is 9.97 Å². The van der Waals surface area contributed by atoms with Gasteiger partial charge in [-0.3, -0.25) is 4.79 Å². The number of hydrogen-bond donors (Lipinski definition) is 0. The van der Waals surface area contributed by atoms with Gasteiger partial charge in [0.15, 0.2) is 0 Å². The molecule has 1 aliphatic rings. The maximum atomic E-state index is 12.5. The largest absolute Gasteiger partial charge is 0.354 e. The molecule has 5 nitrogen and oxygen atoms in total. The average molecular weight is 339 g/mol. The van der Waals surface area contributed by atoms with Crippen molar-refractivity contribution in [2.75, 3.05) is 31.1 Å². The summed E-state index contributed by atoms with van der Waals surface area (Å²) in [5.41, 5.74) is 0.659. The highest BCUT2D eigenvalue weighted by atomic mass is 35.5. The van der Waals surface area contributed by atoms with Gasteiger partial charge in [-0.05, 0) is 19.8 Å². The Morgan fingerprint density at radius 3 is 2.48 bits per heavy atom. The molecule has 128 valence electrons. The van der Waals surface area contributed by atoms with E-state index in [0.29, 0.717) is 11.0 Å². The van der Waals surface area contributed by atoms with Crippen molar-refractivity contribution in [2.45, 2.75) is 47.5 Å². The SMILES string of the molecule is CCc1c(Cl)nc(C)nc1N1CCCN(C(=O)C(C)(C)C)CC1. The lowest BCUT2D eigenvalue weighted by Crippen LogP contribution is -2.41. The van der Waals surface area contributed by atoms with Crippen molar-refractivity contribution in [2.24, 2.45) is 5.41 Å². The molecule has 2 rings (SSSR count). The van der Waals surface area contributed by atoms with Gasteiger partial charge in [-0.15, -0.1) is 0 Å². The van der Waals surface area contributed by atoms with Crippen molar-refractivity contribution in [1.82, 2.24) is 14.9 Å². The molecule has 0 unspecified atom stereocenters. The molecule has 1 saturated heterocycles. The number of hydrogen-bond acceptors (Lipinski definition) is 4. The Kier molecular flexibility index (Phi) is 5.50. The van der Waals surface area contributed by atoms with Gasteiger partial charge in [0.05, 0.1) is 0 Å². The summed E-state index contributed by atoms with van der Waals surface area (Å²) in [6.45, 7) is 13.0. The normalized spacial score (nSPS) is 16.4. The van der Waals surface area contributed by atoms with Crippen LogP contribution in [0.2, 0.25) is 5.15 Å². The second kappa shape index (κ2) is 7.04. The molecule has 0 saturated carbocycles. The van der Waals surface area contributed by atoms with Crippen molar-refractivity contribution in [3.63, 3.8) is 0 Å². The van der Waals surface area contributed by atoms with Gasteiger partial charge in [-0.2, -0.15) is 0 Å². The summed E-state index contributed by atoms with van der Waals surface area (Å²) in [4.78, 5) is 25.6. The standard InChI is InChI=1S/C17H27ClN4O/c1-6-13-14(18)19-12(2)20-15(13)21-8-7-9-22(11-10-21)16(23)17(3,4)5/h6-11H2,1-5H3. The van der Waals surface area contributed by atoms with E-state index in [4.69, 9.17) is 11.6 Å². The highest BCUT2D eigenvalue weighted by Gasteiger charge is 2.29. The number of aryl methyl sites for hydroxylation is 1. The molecule has 0 N–H and O–H groups in total. The third-order valence-electron chi connectivity index (χ3n) is 4.12. The lowest BCUT2D eigenvalue weighted by molar-refractivity contribution is -0.139. The van der Waals surface area contributed by atoms with Gasteiger partial charge < -0.3 is 9.80 Å². The van der Waals surface area contributed by atoms with Crippen molar-refractivity contribution in [3.05, 3.63) is 16.5 Å². The number of anilines is 1. The predicted molar refractivity (Wildman–Crippen MR) is 94.0 cm³/mol. The summed E-state index contributed by atoms with van der Waals surface area (Å²) >= 11 is 6.29. The molecule has 1 aromatic rings. The summed E-state index contributed by atoms with van der Waals surface area (Å²) in [6, 6.07) is 0. The van der Waals surface area contributed by atoms with E-state index in [-0.39, 0.29) is 11.3 Å². The van der Waals surface area contributed by atoms with Crippen LogP contribution < -0.4 is 4.90 Å². The summed E-state index contributed by atoms with van der Waals surface area (Å²) in [6.07, 6.45) is 1.74. The van der Waals surface area contributed by atoms with Gasteiger partial charge >= 0.3 is 0 Å². The number of nitrogens with zero attached hydrogens (tertiary/aromatic N) is 4. The van der Waals surface area contributed by atoms with Gasteiger partial charge in [0, 0.05) is 37.2 Å². The van der Waals surface area contributed by atoms with Gasteiger partial charge in [-0.1, -0.05) is 39.3 Å². The number of aromatic nitrogens is 2. The summed E-state index contributed by atoms with van der Waals surface area (Å²) in [7, 11) is 0. The molecule has 2 heterocycles. The number of rotatable bonds is 2. The van der Waals surface area contributed by atoms with E-state index < -0.39 is 0 Å². The van der Waals surface area contributed by atoms with Crippen molar-refractivity contribution in [3.8, 4) is 0 Å².